The van der Waals surface area contributed by atoms with Crippen LogP contribution in [0.15, 0.2) is 48.9 Å². The van der Waals surface area contributed by atoms with E-state index in [-0.39, 0.29) is 0 Å². The molecule has 216 valence electrons. The van der Waals surface area contributed by atoms with Gasteiger partial charge in [-0.25, -0.2) is 0 Å². The van der Waals surface area contributed by atoms with Gasteiger partial charge in [-0.3, -0.25) is 4.98 Å². The number of aryl methyl sites for hydroxylation is 2. The largest absolute Gasteiger partial charge is 0.454 e. The molecule has 0 bridgehead atoms. The summed E-state index contributed by atoms with van der Waals surface area (Å²) in [6, 6.07) is 12.6. The number of ether oxygens (including phenoxy) is 4. The molecule has 1 aliphatic rings. The zero-order valence-electron chi connectivity index (χ0n) is 24.5. The van der Waals surface area contributed by atoms with Gasteiger partial charge >= 0.3 is 0 Å². The highest BCUT2D eigenvalue weighted by atomic mass is 16.7. The number of nitrogens with zero attached hydrogens (tertiary/aromatic N) is 1. The third-order valence-corrected chi connectivity index (χ3v) is 7.19. The Bertz CT molecular complexity index is 927. The third kappa shape index (κ3) is 12.1. The number of rotatable bonds is 22. The first-order chi connectivity index (χ1) is 19.3. The van der Waals surface area contributed by atoms with E-state index in [1.807, 2.05) is 6.20 Å². The topological polar surface area (TPSA) is 49.8 Å². The van der Waals surface area contributed by atoms with Crippen molar-refractivity contribution in [1.82, 2.24) is 4.98 Å². The lowest BCUT2D eigenvalue weighted by atomic mass is 10.0. The number of unbranched alkanes of at least 4 members (excludes halogenated alkanes) is 8. The lowest BCUT2D eigenvalue weighted by Gasteiger charge is -2.16. The summed E-state index contributed by atoms with van der Waals surface area (Å²) in [5.74, 6) is 0.738. The molecule has 5 heteroatoms. The predicted octanol–water partition coefficient (Wildman–Crippen LogP) is 8.96. The minimum absolute atomic E-state index is 0.410. The molecule has 5 nitrogen and oxygen atoms in total. The summed E-state index contributed by atoms with van der Waals surface area (Å²) in [5.41, 5.74) is 4.43. The normalized spacial score (nSPS) is 14.7. The van der Waals surface area contributed by atoms with E-state index in [0.717, 1.165) is 87.5 Å². The van der Waals surface area contributed by atoms with Gasteiger partial charge in [-0.15, -0.1) is 0 Å². The average Bonchev–Trinajstić information content (AvgIpc) is 3.46. The quantitative estimate of drug-likeness (QED) is 0.140. The van der Waals surface area contributed by atoms with Crippen molar-refractivity contribution >= 4 is 5.76 Å². The van der Waals surface area contributed by atoms with Crippen LogP contribution in [0.2, 0.25) is 0 Å². The Hall–Kier alpha value is -2.37. The van der Waals surface area contributed by atoms with Crippen LogP contribution in [0.3, 0.4) is 0 Å². The molecule has 1 atom stereocenters. The number of hydrogen-bond acceptors (Lipinski definition) is 5. The van der Waals surface area contributed by atoms with Crippen molar-refractivity contribution in [1.29, 1.82) is 0 Å². The van der Waals surface area contributed by atoms with Gasteiger partial charge in [-0.05, 0) is 69.1 Å². The summed E-state index contributed by atoms with van der Waals surface area (Å²) in [5, 5.41) is 0. The molecule has 0 aliphatic carbocycles. The van der Waals surface area contributed by atoms with Crippen LogP contribution in [0.5, 0.6) is 0 Å². The zero-order valence-corrected chi connectivity index (χ0v) is 24.5. The monoisotopic (exact) mass is 537 g/mol. The molecule has 0 amide bonds. The maximum Gasteiger partial charge on any atom is 0.267 e. The maximum absolute atomic E-state index is 6.22. The molecule has 0 radical (unpaired) electrons. The van der Waals surface area contributed by atoms with E-state index >= 15 is 0 Å². The molecule has 0 saturated carbocycles. The van der Waals surface area contributed by atoms with Crippen molar-refractivity contribution in [2.45, 2.75) is 110 Å². The van der Waals surface area contributed by atoms with Crippen LogP contribution in [0.1, 0.15) is 120 Å². The Morgan fingerprint density at radius 3 is 1.97 bits per heavy atom. The van der Waals surface area contributed by atoms with E-state index in [1.165, 1.54) is 56.9 Å². The molecule has 0 saturated heterocycles. The summed E-state index contributed by atoms with van der Waals surface area (Å²) in [6.07, 6.45) is 19.6. The summed E-state index contributed by atoms with van der Waals surface area (Å²) >= 11 is 0. The van der Waals surface area contributed by atoms with E-state index in [2.05, 4.69) is 55.2 Å². The first-order valence-corrected chi connectivity index (χ1v) is 15.5. The van der Waals surface area contributed by atoms with Crippen LogP contribution >= 0.6 is 0 Å². The summed E-state index contributed by atoms with van der Waals surface area (Å²) < 4.78 is 23.7. The molecule has 3 rings (SSSR count). The van der Waals surface area contributed by atoms with E-state index < -0.39 is 6.29 Å². The first kappa shape index (κ1) is 31.2. The Balaban J connectivity index is 1.34. The number of aromatic nitrogens is 1. The van der Waals surface area contributed by atoms with Crippen LogP contribution in [-0.4, -0.2) is 31.4 Å². The Morgan fingerprint density at radius 2 is 1.33 bits per heavy atom. The smallest absolute Gasteiger partial charge is 0.267 e. The lowest BCUT2D eigenvalue weighted by molar-refractivity contribution is -0.0177. The van der Waals surface area contributed by atoms with Crippen molar-refractivity contribution < 1.29 is 18.9 Å². The highest BCUT2D eigenvalue weighted by Crippen LogP contribution is 2.35. The minimum atomic E-state index is -0.410. The van der Waals surface area contributed by atoms with Crippen molar-refractivity contribution in [3.63, 3.8) is 0 Å². The van der Waals surface area contributed by atoms with E-state index in [1.54, 1.807) is 6.26 Å². The molecule has 1 aromatic heterocycles. The Kier molecular flexibility index (Phi) is 15.7. The molecular formula is C34H51NO4. The van der Waals surface area contributed by atoms with Crippen LogP contribution in [0.4, 0.5) is 0 Å². The number of benzene rings is 1. The van der Waals surface area contributed by atoms with Crippen molar-refractivity contribution in [3.8, 4) is 0 Å². The minimum Gasteiger partial charge on any atom is -0.454 e. The molecule has 2 aromatic rings. The lowest BCUT2D eigenvalue weighted by Crippen LogP contribution is -2.05. The fourth-order valence-electron chi connectivity index (χ4n) is 4.77. The second kappa shape index (κ2) is 19.7. The fraction of sp³-hybridized carbons (Fsp3) is 0.618. The molecule has 0 fully saturated rings. The zero-order chi connectivity index (χ0) is 27.4. The van der Waals surface area contributed by atoms with Crippen molar-refractivity contribution in [2.75, 3.05) is 26.4 Å². The second-order valence-electron chi connectivity index (χ2n) is 10.6. The van der Waals surface area contributed by atoms with Crippen molar-refractivity contribution in [3.05, 3.63) is 71.2 Å². The van der Waals surface area contributed by atoms with E-state index in [9.17, 15) is 0 Å². The highest BCUT2D eigenvalue weighted by molar-refractivity contribution is 5.59. The van der Waals surface area contributed by atoms with Gasteiger partial charge in [-0.1, -0.05) is 76.6 Å². The molecule has 1 aromatic carbocycles. The predicted molar refractivity (Wildman–Crippen MR) is 159 cm³/mol. The average molecular weight is 538 g/mol. The van der Waals surface area contributed by atoms with Gasteiger partial charge in [0.1, 0.15) is 6.26 Å². The first-order valence-electron chi connectivity index (χ1n) is 15.5. The van der Waals surface area contributed by atoms with Crippen LogP contribution in [-0.2, 0) is 31.8 Å². The van der Waals surface area contributed by atoms with Crippen LogP contribution in [0.25, 0.3) is 5.76 Å². The summed E-state index contributed by atoms with van der Waals surface area (Å²) in [7, 11) is 0. The van der Waals surface area contributed by atoms with Gasteiger partial charge in [0.25, 0.3) is 6.29 Å². The van der Waals surface area contributed by atoms with Crippen LogP contribution < -0.4 is 0 Å². The van der Waals surface area contributed by atoms with Gasteiger partial charge in [0.15, 0.2) is 5.76 Å². The van der Waals surface area contributed by atoms with Gasteiger partial charge in [-0.2, -0.15) is 0 Å². The number of hydrogen-bond donors (Lipinski definition) is 0. The SMILES string of the molecule is CCCCCCOCCCCc1ccc(C2=COC(c3ccccc3CCCCOCCCCCC)O2)cn1. The van der Waals surface area contributed by atoms with Gasteiger partial charge < -0.3 is 18.9 Å². The molecule has 1 unspecified atom stereocenters. The van der Waals surface area contributed by atoms with Crippen LogP contribution in [0, 0.1) is 0 Å². The van der Waals surface area contributed by atoms with E-state index in [0.29, 0.717) is 0 Å². The van der Waals surface area contributed by atoms with Gasteiger partial charge in [0.05, 0.1) is 0 Å². The molecule has 0 N–H and O–H groups in total. The Labute approximate surface area is 237 Å². The highest BCUT2D eigenvalue weighted by Gasteiger charge is 2.24. The second-order valence-corrected chi connectivity index (χ2v) is 10.6. The molecule has 2 heterocycles. The van der Waals surface area contributed by atoms with Crippen molar-refractivity contribution in [2.24, 2.45) is 0 Å². The summed E-state index contributed by atoms with van der Waals surface area (Å²) in [4.78, 5) is 4.66. The molecule has 1 aliphatic heterocycles. The maximum atomic E-state index is 6.22. The van der Waals surface area contributed by atoms with Gasteiger partial charge in [0.2, 0.25) is 0 Å². The molecule has 39 heavy (non-hydrogen) atoms. The van der Waals surface area contributed by atoms with Gasteiger partial charge in [0, 0.05) is 49.4 Å². The molecular weight excluding hydrogens is 486 g/mol. The Morgan fingerprint density at radius 1 is 0.692 bits per heavy atom. The van der Waals surface area contributed by atoms with E-state index in [4.69, 9.17) is 18.9 Å². The standard InChI is InChI=1S/C34H51NO4/c1-3-5-7-13-23-36-25-15-11-18-29-17-9-10-20-32(29)34-38-28-33(39-34)30-21-22-31(35-27-30)19-12-16-26-37-24-14-8-6-4-2/h9-10,17,20-22,27-28,34H,3-8,11-16,18-19,23-26H2,1-2H3. The fourth-order valence-corrected chi connectivity index (χ4v) is 4.77. The number of pyridine rings is 1. The third-order valence-electron chi connectivity index (χ3n) is 7.19. The summed E-state index contributed by atoms with van der Waals surface area (Å²) in [6.45, 7) is 7.94. The molecule has 0 spiro atoms.